The van der Waals surface area contributed by atoms with Crippen LogP contribution in [-0.4, -0.2) is 28.4 Å². The Hall–Kier alpha value is -1.36. The Kier molecular flexibility index (Phi) is 3.78. The van der Waals surface area contributed by atoms with E-state index in [1.807, 2.05) is 12.1 Å². The second-order valence-corrected chi connectivity index (χ2v) is 7.01. The maximum Gasteiger partial charge on any atom is 0.310 e. The molecule has 4 nitrogen and oxygen atoms in total. The lowest BCUT2D eigenvalue weighted by molar-refractivity contribution is -0.159. The number of aliphatic carboxylic acids is 1. The predicted octanol–water partition coefficient (Wildman–Crippen LogP) is 2.98. The molecular weight excluding hydrogens is 334 g/mol. The predicted molar refractivity (Wildman–Crippen MR) is 81.8 cm³/mol. The van der Waals surface area contributed by atoms with E-state index < -0.39 is 11.4 Å². The summed E-state index contributed by atoms with van der Waals surface area (Å²) in [5.74, 6) is -0.839. The van der Waals surface area contributed by atoms with Crippen LogP contribution in [0.15, 0.2) is 22.7 Å². The molecule has 1 aliphatic carbocycles. The van der Waals surface area contributed by atoms with Gasteiger partial charge < -0.3 is 10.0 Å². The fraction of sp³-hybridized carbons (Fsp3) is 0.500. The molecule has 21 heavy (non-hydrogen) atoms. The Morgan fingerprint density at radius 1 is 1.29 bits per heavy atom. The van der Waals surface area contributed by atoms with E-state index in [2.05, 4.69) is 22.0 Å². The van der Waals surface area contributed by atoms with Crippen molar-refractivity contribution >= 4 is 27.8 Å². The van der Waals surface area contributed by atoms with E-state index in [1.54, 1.807) is 4.90 Å². The Labute approximate surface area is 132 Å². The number of amides is 1. The molecule has 0 bridgehead atoms. The summed E-state index contributed by atoms with van der Waals surface area (Å²) in [4.78, 5) is 25.6. The van der Waals surface area contributed by atoms with Gasteiger partial charge in [0.05, 0.1) is 5.41 Å². The standard InChI is InChI=1S/C16H18BrNO3/c17-13-3-2-12-10-18(7-4-11(12)8-13)14(19)9-16(15(20)21)5-1-6-16/h2-3,8H,1,4-7,9-10H2,(H,20,21). The molecule has 1 saturated carbocycles. The molecule has 1 fully saturated rings. The second-order valence-electron chi connectivity index (χ2n) is 6.09. The Bertz CT molecular complexity index is 595. The zero-order chi connectivity index (χ0) is 15.0. The number of benzene rings is 1. The zero-order valence-corrected chi connectivity index (χ0v) is 13.4. The van der Waals surface area contributed by atoms with Gasteiger partial charge in [-0.15, -0.1) is 0 Å². The quantitative estimate of drug-likeness (QED) is 0.910. The van der Waals surface area contributed by atoms with Crippen molar-refractivity contribution in [3.05, 3.63) is 33.8 Å². The van der Waals surface area contributed by atoms with Crippen LogP contribution in [0.3, 0.4) is 0 Å². The van der Waals surface area contributed by atoms with Crippen molar-refractivity contribution in [1.29, 1.82) is 0 Å². The maximum atomic E-state index is 12.4. The maximum absolute atomic E-state index is 12.4. The number of nitrogens with zero attached hydrogens (tertiary/aromatic N) is 1. The van der Waals surface area contributed by atoms with Gasteiger partial charge in [-0.2, -0.15) is 0 Å². The lowest BCUT2D eigenvalue weighted by atomic mass is 9.66. The van der Waals surface area contributed by atoms with Crippen molar-refractivity contribution < 1.29 is 14.7 Å². The Morgan fingerprint density at radius 2 is 2.05 bits per heavy atom. The lowest BCUT2D eigenvalue weighted by Crippen LogP contribution is -2.45. The molecular formula is C16H18BrNO3. The molecule has 112 valence electrons. The van der Waals surface area contributed by atoms with Crippen LogP contribution in [0, 0.1) is 5.41 Å². The third-order valence-corrected chi connectivity index (χ3v) is 5.28. The number of carboxylic acids is 1. The van der Waals surface area contributed by atoms with E-state index >= 15 is 0 Å². The average molecular weight is 352 g/mol. The van der Waals surface area contributed by atoms with Crippen LogP contribution in [0.2, 0.25) is 0 Å². The molecule has 0 radical (unpaired) electrons. The summed E-state index contributed by atoms with van der Waals surface area (Å²) in [7, 11) is 0. The molecule has 3 rings (SSSR count). The van der Waals surface area contributed by atoms with Crippen LogP contribution < -0.4 is 0 Å². The largest absolute Gasteiger partial charge is 0.481 e. The highest BCUT2D eigenvalue weighted by atomic mass is 79.9. The van der Waals surface area contributed by atoms with Crippen LogP contribution in [-0.2, 0) is 22.6 Å². The SMILES string of the molecule is O=C(CC1(C(=O)O)CCC1)N1CCc2cc(Br)ccc2C1. The lowest BCUT2D eigenvalue weighted by Gasteiger charge is -2.39. The summed E-state index contributed by atoms with van der Waals surface area (Å²) in [6, 6.07) is 6.12. The van der Waals surface area contributed by atoms with Crippen molar-refractivity contribution in [3.8, 4) is 0 Å². The molecule has 1 aromatic carbocycles. The molecule has 1 aliphatic heterocycles. The molecule has 1 N–H and O–H groups in total. The van der Waals surface area contributed by atoms with Crippen LogP contribution in [0.1, 0.15) is 36.8 Å². The summed E-state index contributed by atoms with van der Waals surface area (Å²) in [6.45, 7) is 1.27. The van der Waals surface area contributed by atoms with Crippen LogP contribution >= 0.6 is 15.9 Å². The fourth-order valence-electron chi connectivity index (χ4n) is 3.21. The number of hydrogen-bond donors (Lipinski definition) is 1. The second kappa shape index (κ2) is 5.44. The van der Waals surface area contributed by atoms with Crippen molar-refractivity contribution in [3.63, 3.8) is 0 Å². The molecule has 0 saturated heterocycles. The number of rotatable bonds is 3. The van der Waals surface area contributed by atoms with Gasteiger partial charge in [-0.25, -0.2) is 0 Å². The topological polar surface area (TPSA) is 57.6 Å². The van der Waals surface area contributed by atoms with Gasteiger partial charge in [-0.3, -0.25) is 9.59 Å². The molecule has 0 atom stereocenters. The van der Waals surface area contributed by atoms with Crippen LogP contribution in [0.4, 0.5) is 0 Å². The van der Waals surface area contributed by atoms with Gasteiger partial charge in [0.2, 0.25) is 5.91 Å². The first-order chi connectivity index (χ1) is 10.00. The minimum absolute atomic E-state index is 0.0225. The van der Waals surface area contributed by atoms with E-state index in [1.165, 1.54) is 5.56 Å². The van der Waals surface area contributed by atoms with E-state index in [0.717, 1.165) is 22.9 Å². The number of carbonyl (C=O) groups is 2. The first-order valence-corrected chi connectivity index (χ1v) is 8.08. The normalized spacial score (nSPS) is 19.6. The Morgan fingerprint density at radius 3 is 2.67 bits per heavy atom. The highest BCUT2D eigenvalue weighted by Gasteiger charge is 2.46. The van der Waals surface area contributed by atoms with Gasteiger partial charge in [-0.05, 0) is 42.5 Å². The summed E-state index contributed by atoms with van der Waals surface area (Å²) >= 11 is 3.46. The monoisotopic (exact) mass is 351 g/mol. The third-order valence-electron chi connectivity index (χ3n) is 4.79. The van der Waals surface area contributed by atoms with Crippen molar-refractivity contribution in [2.24, 2.45) is 5.41 Å². The summed E-state index contributed by atoms with van der Waals surface area (Å²) < 4.78 is 1.06. The van der Waals surface area contributed by atoms with E-state index in [-0.39, 0.29) is 12.3 Å². The third kappa shape index (κ3) is 2.71. The van der Waals surface area contributed by atoms with Crippen LogP contribution in [0.25, 0.3) is 0 Å². The Balaban J connectivity index is 1.70. The number of fused-ring (bicyclic) bond motifs is 1. The minimum Gasteiger partial charge on any atom is -0.481 e. The highest BCUT2D eigenvalue weighted by molar-refractivity contribution is 9.10. The number of halogens is 1. The van der Waals surface area contributed by atoms with Crippen LogP contribution in [0.5, 0.6) is 0 Å². The van der Waals surface area contributed by atoms with Gasteiger partial charge >= 0.3 is 5.97 Å². The molecule has 5 heteroatoms. The zero-order valence-electron chi connectivity index (χ0n) is 11.8. The van der Waals surface area contributed by atoms with Crippen molar-refractivity contribution in [2.45, 2.75) is 38.6 Å². The molecule has 0 unspecified atom stereocenters. The van der Waals surface area contributed by atoms with E-state index in [4.69, 9.17) is 0 Å². The van der Waals surface area contributed by atoms with Gasteiger partial charge in [-0.1, -0.05) is 28.4 Å². The summed E-state index contributed by atoms with van der Waals surface area (Å²) in [6.07, 6.45) is 3.15. The smallest absolute Gasteiger partial charge is 0.310 e. The first kappa shape index (κ1) is 14.6. The minimum atomic E-state index is -0.816. The van der Waals surface area contributed by atoms with Crippen molar-refractivity contribution in [1.82, 2.24) is 4.90 Å². The fourth-order valence-corrected chi connectivity index (χ4v) is 3.61. The molecule has 1 amide bonds. The first-order valence-electron chi connectivity index (χ1n) is 7.29. The molecule has 1 aromatic rings. The van der Waals surface area contributed by atoms with Gasteiger partial charge in [0.25, 0.3) is 0 Å². The molecule has 0 aromatic heterocycles. The van der Waals surface area contributed by atoms with Gasteiger partial charge in [0.15, 0.2) is 0 Å². The highest BCUT2D eigenvalue weighted by Crippen LogP contribution is 2.44. The van der Waals surface area contributed by atoms with E-state index in [0.29, 0.717) is 25.9 Å². The summed E-state index contributed by atoms with van der Waals surface area (Å²) in [5, 5.41) is 9.34. The van der Waals surface area contributed by atoms with Crippen molar-refractivity contribution in [2.75, 3.05) is 6.54 Å². The van der Waals surface area contributed by atoms with Gasteiger partial charge in [0.1, 0.15) is 0 Å². The number of carbonyl (C=O) groups excluding carboxylic acids is 1. The number of carboxylic acid groups (broad SMARTS) is 1. The average Bonchev–Trinajstić information content (AvgIpc) is 2.41. The van der Waals surface area contributed by atoms with E-state index in [9.17, 15) is 14.7 Å². The van der Waals surface area contributed by atoms with Gasteiger partial charge in [0, 0.05) is 24.0 Å². The molecule has 0 spiro atoms. The summed E-state index contributed by atoms with van der Waals surface area (Å²) in [5.41, 5.74) is 1.64. The molecule has 2 aliphatic rings. The number of hydrogen-bond acceptors (Lipinski definition) is 2. The molecule has 1 heterocycles.